The zero-order valence-electron chi connectivity index (χ0n) is 13.0. The second-order valence-electron chi connectivity index (χ2n) is 5.47. The number of nitrogens with zero attached hydrogens (tertiary/aromatic N) is 1. The van der Waals surface area contributed by atoms with E-state index in [1.54, 1.807) is 0 Å². The summed E-state index contributed by atoms with van der Waals surface area (Å²) in [4.78, 5) is 14.0. The molecule has 0 spiro atoms. The fourth-order valence-corrected chi connectivity index (χ4v) is 2.19. The van der Waals surface area contributed by atoms with Crippen molar-refractivity contribution < 1.29 is 9.90 Å². The average Bonchev–Trinajstić information content (AvgIpc) is 2.54. The van der Waals surface area contributed by atoms with Crippen molar-refractivity contribution in [3.63, 3.8) is 0 Å². The lowest BCUT2D eigenvalue weighted by atomic mass is 10.1. The van der Waals surface area contributed by atoms with E-state index in [0.29, 0.717) is 6.54 Å². The van der Waals surface area contributed by atoms with Crippen LogP contribution in [-0.2, 0) is 11.3 Å². The molecule has 0 fully saturated rings. The van der Waals surface area contributed by atoms with Gasteiger partial charge < -0.3 is 15.3 Å². The van der Waals surface area contributed by atoms with E-state index >= 15 is 0 Å². The highest BCUT2D eigenvalue weighted by atomic mass is 16.3. The number of carbonyl (C=O) groups excluding carboxylic acids is 1. The number of amides is 1. The summed E-state index contributed by atoms with van der Waals surface area (Å²) in [6.07, 6.45) is -0.702. The molecule has 22 heavy (non-hydrogen) atoms. The minimum atomic E-state index is -0.769. The average molecular weight is 298 g/mol. The molecule has 0 heterocycles. The number of anilines is 1. The van der Waals surface area contributed by atoms with Gasteiger partial charge in [0.15, 0.2) is 0 Å². The van der Waals surface area contributed by atoms with Gasteiger partial charge in [-0.2, -0.15) is 0 Å². The number of rotatable bonds is 6. The second kappa shape index (κ2) is 7.61. The van der Waals surface area contributed by atoms with Gasteiger partial charge >= 0.3 is 0 Å². The molecule has 2 aromatic rings. The van der Waals surface area contributed by atoms with Gasteiger partial charge in [0.25, 0.3) is 0 Å². The monoisotopic (exact) mass is 298 g/mol. The van der Waals surface area contributed by atoms with Crippen LogP contribution in [0.1, 0.15) is 23.7 Å². The van der Waals surface area contributed by atoms with Crippen LogP contribution >= 0.6 is 0 Å². The molecule has 4 heteroatoms. The van der Waals surface area contributed by atoms with Crippen LogP contribution in [0.4, 0.5) is 5.69 Å². The number of aliphatic hydroxyl groups excluding tert-OH is 1. The molecule has 0 bridgehead atoms. The molecule has 4 nitrogen and oxygen atoms in total. The highest BCUT2D eigenvalue weighted by Crippen LogP contribution is 2.16. The molecule has 1 amide bonds. The van der Waals surface area contributed by atoms with E-state index in [2.05, 4.69) is 5.32 Å². The molecule has 116 valence electrons. The van der Waals surface area contributed by atoms with E-state index < -0.39 is 6.10 Å². The van der Waals surface area contributed by atoms with Crippen LogP contribution in [0.25, 0.3) is 0 Å². The zero-order valence-corrected chi connectivity index (χ0v) is 13.0. The molecule has 0 aromatic heterocycles. The summed E-state index contributed by atoms with van der Waals surface area (Å²) in [6.45, 7) is 0.460. The summed E-state index contributed by atoms with van der Waals surface area (Å²) >= 11 is 0. The molecular weight excluding hydrogens is 276 g/mol. The predicted octanol–water partition coefficient (Wildman–Crippen LogP) is 2.49. The van der Waals surface area contributed by atoms with Crippen molar-refractivity contribution >= 4 is 11.6 Å². The van der Waals surface area contributed by atoms with E-state index in [4.69, 9.17) is 0 Å². The molecule has 2 N–H and O–H groups in total. The SMILES string of the molecule is CN(C)c1cccc(CNC(=O)CC(O)c2ccccc2)c1. The summed E-state index contributed by atoms with van der Waals surface area (Å²) < 4.78 is 0. The fourth-order valence-electron chi connectivity index (χ4n) is 2.19. The van der Waals surface area contributed by atoms with Crippen LogP contribution in [0.2, 0.25) is 0 Å². The Kier molecular flexibility index (Phi) is 5.55. The zero-order chi connectivity index (χ0) is 15.9. The van der Waals surface area contributed by atoms with Crippen LogP contribution in [0, 0.1) is 0 Å². The van der Waals surface area contributed by atoms with Crippen LogP contribution < -0.4 is 10.2 Å². The second-order valence-corrected chi connectivity index (χ2v) is 5.47. The van der Waals surface area contributed by atoms with Crippen molar-refractivity contribution in [2.45, 2.75) is 19.1 Å². The van der Waals surface area contributed by atoms with E-state index in [1.807, 2.05) is 73.6 Å². The lowest BCUT2D eigenvalue weighted by Crippen LogP contribution is -2.24. The van der Waals surface area contributed by atoms with Crippen molar-refractivity contribution in [3.8, 4) is 0 Å². The Labute approximate surface area is 131 Å². The van der Waals surface area contributed by atoms with Crippen LogP contribution in [0.5, 0.6) is 0 Å². The van der Waals surface area contributed by atoms with Crippen LogP contribution in [0.15, 0.2) is 54.6 Å². The third kappa shape index (κ3) is 4.60. The smallest absolute Gasteiger partial charge is 0.223 e. The Hall–Kier alpha value is -2.33. The molecule has 1 unspecified atom stereocenters. The molecule has 2 aromatic carbocycles. The minimum absolute atomic E-state index is 0.0668. The first-order valence-corrected chi connectivity index (χ1v) is 7.32. The molecule has 0 aliphatic heterocycles. The third-order valence-corrected chi connectivity index (χ3v) is 3.48. The highest BCUT2D eigenvalue weighted by Gasteiger charge is 2.12. The van der Waals surface area contributed by atoms with Gasteiger partial charge in [-0.1, -0.05) is 42.5 Å². The first kappa shape index (κ1) is 16.0. The molecule has 0 aliphatic carbocycles. The van der Waals surface area contributed by atoms with Gasteiger partial charge in [0, 0.05) is 26.3 Å². The molecule has 0 saturated heterocycles. The predicted molar refractivity (Wildman–Crippen MR) is 88.6 cm³/mol. The van der Waals surface area contributed by atoms with Gasteiger partial charge in [-0.15, -0.1) is 0 Å². The summed E-state index contributed by atoms with van der Waals surface area (Å²) in [7, 11) is 3.96. The van der Waals surface area contributed by atoms with Gasteiger partial charge in [-0.05, 0) is 23.3 Å². The number of aliphatic hydroxyl groups is 1. The lowest BCUT2D eigenvalue weighted by molar-refractivity contribution is -0.123. The quantitative estimate of drug-likeness (QED) is 0.861. The number of nitrogens with one attached hydrogen (secondary N) is 1. The molecule has 0 radical (unpaired) electrons. The van der Waals surface area contributed by atoms with Gasteiger partial charge in [-0.25, -0.2) is 0 Å². The summed E-state index contributed by atoms with van der Waals surface area (Å²) in [6, 6.07) is 17.2. The van der Waals surface area contributed by atoms with Crippen molar-refractivity contribution in [1.29, 1.82) is 0 Å². The van der Waals surface area contributed by atoms with Crippen molar-refractivity contribution in [2.75, 3.05) is 19.0 Å². The molecule has 1 atom stereocenters. The highest BCUT2D eigenvalue weighted by molar-refractivity contribution is 5.76. The summed E-state index contributed by atoms with van der Waals surface area (Å²) in [5.74, 6) is -0.161. The lowest BCUT2D eigenvalue weighted by Gasteiger charge is -2.14. The Morgan fingerprint density at radius 1 is 1.14 bits per heavy atom. The largest absolute Gasteiger partial charge is 0.388 e. The van der Waals surface area contributed by atoms with Gasteiger partial charge in [-0.3, -0.25) is 4.79 Å². The van der Waals surface area contributed by atoms with E-state index in [9.17, 15) is 9.90 Å². The molecule has 2 rings (SSSR count). The maximum absolute atomic E-state index is 11.9. The first-order valence-electron chi connectivity index (χ1n) is 7.32. The topological polar surface area (TPSA) is 52.6 Å². The standard InChI is InChI=1S/C18H22N2O2/c1-20(2)16-10-6-7-14(11-16)13-19-18(22)12-17(21)15-8-4-3-5-9-15/h3-11,17,21H,12-13H2,1-2H3,(H,19,22). The number of hydrogen-bond donors (Lipinski definition) is 2. The Morgan fingerprint density at radius 3 is 2.55 bits per heavy atom. The van der Waals surface area contributed by atoms with Crippen molar-refractivity contribution in [2.24, 2.45) is 0 Å². The molecule has 0 aliphatic rings. The maximum atomic E-state index is 11.9. The Balaban J connectivity index is 1.86. The van der Waals surface area contributed by atoms with E-state index in [-0.39, 0.29) is 12.3 Å². The first-order chi connectivity index (χ1) is 10.6. The van der Waals surface area contributed by atoms with Gasteiger partial charge in [0.1, 0.15) is 0 Å². The van der Waals surface area contributed by atoms with Gasteiger partial charge in [0.05, 0.1) is 12.5 Å². The van der Waals surface area contributed by atoms with E-state index in [1.165, 1.54) is 0 Å². The normalized spacial score (nSPS) is 11.8. The Morgan fingerprint density at radius 2 is 1.86 bits per heavy atom. The number of carbonyl (C=O) groups is 1. The summed E-state index contributed by atoms with van der Waals surface area (Å²) in [5.41, 5.74) is 2.89. The van der Waals surface area contributed by atoms with Gasteiger partial charge in [0.2, 0.25) is 5.91 Å². The van der Waals surface area contributed by atoms with Crippen LogP contribution in [-0.4, -0.2) is 25.1 Å². The van der Waals surface area contributed by atoms with Crippen LogP contribution in [0.3, 0.4) is 0 Å². The summed E-state index contributed by atoms with van der Waals surface area (Å²) in [5, 5.41) is 12.9. The number of hydrogen-bond acceptors (Lipinski definition) is 3. The number of benzene rings is 2. The molecular formula is C18H22N2O2. The van der Waals surface area contributed by atoms with E-state index in [0.717, 1.165) is 16.8 Å². The maximum Gasteiger partial charge on any atom is 0.223 e. The molecule has 0 saturated carbocycles. The fraction of sp³-hybridized carbons (Fsp3) is 0.278. The minimum Gasteiger partial charge on any atom is -0.388 e. The van der Waals surface area contributed by atoms with Crippen molar-refractivity contribution in [1.82, 2.24) is 5.32 Å². The Bertz CT molecular complexity index is 611. The third-order valence-electron chi connectivity index (χ3n) is 3.48. The van der Waals surface area contributed by atoms with Crippen molar-refractivity contribution in [3.05, 3.63) is 65.7 Å².